The fourth-order valence-corrected chi connectivity index (χ4v) is 3.28. The van der Waals surface area contributed by atoms with Crippen LogP contribution in [0.15, 0.2) is 41.1 Å². The van der Waals surface area contributed by atoms with Crippen LogP contribution in [-0.4, -0.2) is 9.79 Å². The van der Waals surface area contributed by atoms with Crippen molar-refractivity contribution in [3.63, 3.8) is 0 Å². The first-order valence-corrected chi connectivity index (χ1v) is 8.06. The molecule has 1 atom stereocenters. The molecule has 0 spiro atoms. The Labute approximate surface area is 113 Å². The number of thiophene rings is 1. The topological polar surface area (TPSA) is 69.6 Å². The number of hydrogen-bond acceptors (Lipinski definition) is 3. The zero-order valence-electron chi connectivity index (χ0n) is 9.15. The van der Waals surface area contributed by atoms with Gasteiger partial charge in [0.2, 0.25) is 0 Å². The first-order chi connectivity index (χ1) is 8.47. The summed E-state index contributed by atoms with van der Waals surface area (Å²) in [7, 11) is -4.28. The summed E-state index contributed by atoms with van der Waals surface area (Å²) in [5.74, 6) is -1.04. The van der Waals surface area contributed by atoms with E-state index in [1.165, 1.54) is 11.3 Å². The van der Waals surface area contributed by atoms with Crippen molar-refractivity contribution in [3.8, 4) is 0 Å². The van der Waals surface area contributed by atoms with E-state index < -0.39 is 13.4 Å². The lowest BCUT2D eigenvalue weighted by molar-refractivity contribution is 0.363. The summed E-state index contributed by atoms with van der Waals surface area (Å²) < 4.78 is 11.5. The van der Waals surface area contributed by atoms with Crippen LogP contribution < -0.4 is 5.32 Å². The monoisotopic (exact) mass is 303 g/mol. The van der Waals surface area contributed by atoms with E-state index in [-0.39, 0.29) is 0 Å². The van der Waals surface area contributed by atoms with Gasteiger partial charge in [-0.25, -0.2) is 0 Å². The Morgan fingerprint density at radius 3 is 2.39 bits per heavy atom. The van der Waals surface area contributed by atoms with Gasteiger partial charge in [0.15, 0.2) is 5.78 Å². The Hall–Kier alpha value is -0.840. The van der Waals surface area contributed by atoms with E-state index in [0.29, 0.717) is 16.3 Å². The van der Waals surface area contributed by atoms with Gasteiger partial charge >= 0.3 is 7.60 Å². The standard InChI is InChI=1S/C11H11ClNO3PS/c12-9-1-3-10(4-2-9)13-11(17(14,15)16)8-5-6-18-7-8/h1-7,11,13H,(H2,14,15,16). The predicted octanol–water partition coefficient (Wildman–Crippen LogP) is 3.69. The molecule has 2 rings (SSSR count). The molecule has 0 bridgehead atoms. The van der Waals surface area contributed by atoms with Crippen molar-refractivity contribution in [1.82, 2.24) is 0 Å². The second-order valence-corrected chi connectivity index (χ2v) is 6.61. The fraction of sp³-hybridized carbons (Fsp3) is 0.0909. The second-order valence-electron chi connectivity index (χ2n) is 3.70. The van der Waals surface area contributed by atoms with Crippen molar-refractivity contribution in [3.05, 3.63) is 51.7 Å². The van der Waals surface area contributed by atoms with E-state index >= 15 is 0 Å². The first kappa shape index (κ1) is 13.6. The number of benzene rings is 1. The van der Waals surface area contributed by atoms with Crippen LogP contribution in [0.2, 0.25) is 5.02 Å². The van der Waals surface area contributed by atoms with Crippen LogP contribution in [0.25, 0.3) is 0 Å². The molecule has 0 saturated carbocycles. The van der Waals surface area contributed by atoms with E-state index in [0.717, 1.165) is 0 Å². The van der Waals surface area contributed by atoms with Crippen LogP contribution in [0.5, 0.6) is 0 Å². The summed E-state index contributed by atoms with van der Waals surface area (Å²) >= 11 is 7.15. The molecule has 4 nitrogen and oxygen atoms in total. The quantitative estimate of drug-likeness (QED) is 0.753. The smallest absolute Gasteiger partial charge is 0.352 e. The Balaban J connectivity index is 2.26. The molecule has 3 N–H and O–H groups in total. The third-order valence-electron chi connectivity index (χ3n) is 2.34. The lowest BCUT2D eigenvalue weighted by Gasteiger charge is -2.20. The van der Waals surface area contributed by atoms with E-state index in [9.17, 15) is 14.4 Å². The maximum Gasteiger partial charge on any atom is 0.352 e. The highest BCUT2D eigenvalue weighted by atomic mass is 35.5. The van der Waals surface area contributed by atoms with Gasteiger partial charge in [0.05, 0.1) is 0 Å². The number of nitrogens with one attached hydrogen (secondary N) is 1. The van der Waals surface area contributed by atoms with Gasteiger partial charge in [-0.3, -0.25) is 4.57 Å². The zero-order chi connectivity index (χ0) is 13.2. The fourth-order valence-electron chi connectivity index (χ4n) is 1.50. The van der Waals surface area contributed by atoms with Crippen LogP contribution in [0.4, 0.5) is 5.69 Å². The van der Waals surface area contributed by atoms with Gasteiger partial charge in [-0.05, 0) is 46.7 Å². The number of hydrogen-bond donors (Lipinski definition) is 3. The minimum Gasteiger partial charge on any atom is -0.368 e. The molecule has 0 aliphatic rings. The van der Waals surface area contributed by atoms with Gasteiger partial charge in [-0.15, -0.1) is 0 Å². The summed E-state index contributed by atoms with van der Waals surface area (Å²) in [6.45, 7) is 0. The van der Waals surface area contributed by atoms with Gasteiger partial charge < -0.3 is 15.1 Å². The summed E-state index contributed by atoms with van der Waals surface area (Å²) in [6.07, 6.45) is 0. The van der Waals surface area contributed by atoms with Gasteiger partial charge in [0.1, 0.15) is 0 Å². The highest BCUT2D eigenvalue weighted by Gasteiger charge is 2.30. The first-order valence-electron chi connectivity index (χ1n) is 5.06. The third kappa shape index (κ3) is 3.34. The lowest BCUT2D eigenvalue weighted by Crippen LogP contribution is -2.10. The summed E-state index contributed by atoms with van der Waals surface area (Å²) in [6, 6.07) is 8.37. The molecule has 1 unspecified atom stereocenters. The van der Waals surface area contributed by atoms with Crippen molar-refractivity contribution >= 4 is 36.2 Å². The Morgan fingerprint density at radius 1 is 1.22 bits per heavy atom. The summed E-state index contributed by atoms with van der Waals surface area (Å²) in [4.78, 5) is 18.8. The minimum atomic E-state index is -4.28. The Kier molecular flexibility index (Phi) is 4.10. The molecule has 0 radical (unpaired) electrons. The maximum absolute atomic E-state index is 11.5. The van der Waals surface area contributed by atoms with Crippen LogP contribution in [0, 0.1) is 0 Å². The number of rotatable bonds is 4. The second kappa shape index (κ2) is 5.43. The van der Waals surface area contributed by atoms with Crippen LogP contribution in [0.1, 0.15) is 11.3 Å². The molecule has 18 heavy (non-hydrogen) atoms. The summed E-state index contributed by atoms with van der Waals surface area (Å²) in [5.41, 5.74) is 1.18. The molecular formula is C11H11ClNO3PS. The molecular weight excluding hydrogens is 293 g/mol. The average molecular weight is 304 g/mol. The van der Waals surface area contributed by atoms with Gasteiger partial charge in [-0.2, -0.15) is 11.3 Å². The molecule has 0 saturated heterocycles. The molecule has 0 aliphatic carbocycles. The highest BCUT2D eigenvalue weighted by molar-refractivity contribution is 7.52. The van der Waals surface area contributed by atoms with Gasteiger partial charge in [0.25, 0.3) is 0 Å². The molecule has 0 aliphatic heterocycles. The van der Waals surface area contributed by atoms with E-state index in [2.05, 4.69) is 5.32 Å². The number of anilines is 1. The van der Waals surface area contributed by atoms with Crippen LogP contribution >= 0.6 is 30.5 Å². The normalized spacial score (nSPS) is 13.3. The van der Waals surface area contributed by atoms with E-state index in [1.807, 2.05) is 0 Å². The average Bonchev–Trinajstić information content (AvgIpc) is 2.80. The summed E-state index contributed by atoms with van der Waals surface area (Å²) in [5, 5.41) is 6.90. The molecule has 7 heteroatoms. The highest BCUT2D eigenvalue weighted by Crippen LogP contribution is 2.52. The van der Waals surface area contributed by atoms with Crippen molar-refractivity contribution < 1.29 is 14.4 Å². The lowest BCUT2D eigenvalue weighted by atomic mass is 10.3. The van der Waals surface area contributed by atoms with Crippen molar-refractivity contribution in [1.29, 1.82) is 0 Å². The molecule has 1 heterocycles. The Morgan fingerprint density at radius 2 is 1.89 bits per heavy atom. The molecule has 0 amide bonds. The van der Waals surface area contributed by atoms with Crippen molar-refractivity contribution in [2.24, 2.45) is 0 Å². The molecule has 1 aromatic carbocycles. The number of halogens is 1. The van der Waals surface area contributed by atoms with Crippen LogP contribution in [-0.2, 0) is 4.57 Å². The third-order valence-corrected chi connectivity index (χ3v) is 4.40. The maximum atomic E-state index is 11.5. The van der Waals surface area contributed by atoms with E-state index in [1.54, 1.807) is 41.1 Å². The van der Waals surface area contributed by atoms with Crippen molar-refractivity contribution in [2.45, 2.75) is 5.78 Å². The Bertz CT molecular complexity index is 552. The van der Waals surface area contributed by atoms with Crippen LogP contribution in [0.3, 0.4) is 0 Å². The molecule has 96 valence electrons. The van der Waals surface area contributed by atoms with Crippen molar-refractivity contribution in [2.75, 3.05) is 5.32 Å². The SMILES string of the molecule is O=P(O)(O)C(Nc1ccc(Cl)cc1)c1ccsc1. The van der Waals surface area contributed by atoms with Gasteiger partial charge in [-0.1, -0.05) is 11.6 Å². The molecule has 2 aromatic rings. The molecule has 1 aromatic heterocycles. The zero-order valence-corrected chi connectivity index (χ0v) is 11.6. The van der Waals surface area contributed by atoms with E-state index in [4.69, 9.17) is 11.6 Å². The largest absolute Gasteiger partial charge is 0.368 e. The predicted molar refractivity (Wildman–Crippen MR) is 74.2 cm³/mol. The molecule has 0 fully saturated rings. The minimum absolute atomic E-state index is 0.572. The van der Waals surface area contributed by atoms with Gasteiger partial charge in [0, 0.05) is 10.7 Å².